The van der Waals surface area contributed by atoms with Crippen LogP contribution in [-0.4, -0.2) is 10.3 Å². The molecule has 1 heterocycles. The van der Waals surface area contributed by atoms with Crippen LogP contribution in [0.5, 0.6) is 0 Å². The lowest BCUT2D eigenvalue weighted by Gasteiger charge is -2.07. The van der Waals surface area contributed by atoms with Gasteiger partial charge < -0.3 is 15.2 Å². The maximum absolute atomic E-state index is 12.9. The highest BCUT2D eigenvalue weighted by atomic mass is 32.1. The molecular formula is C10H8FN3OS. The lowest BCUT2D eigenvalue weighted by atomic mass is 10.3. The first kappa shape index (κ1) is 10.6. The third kappa shape index (κ3) is 2.77. The Morgan fingerprint density at radius 3 is 2.88 bits per heavy atom. The number of nitrogens with zero attached hydrogens (tertiary/aromatic N) is 1. The molecular weight excluding hydrogens is 229 g/mol. The Bertz CT molecular complexity index is 487. The molecule has 0 saturated heterocycles. The van der Waals surface area contributed by atoms with Crippen molar-refractivity contribution in [2.45, 2.75) is 0 Å². The summed E-state index contributed by atoms with van der Waals surface area (Å²) in [4.78, 5) is 0. The zero-order valence-corrected chi connectivity index (χ0v) is 8.92. The molecule has 1 aromatic carbocycles. The van der Waals surface area contributed by atoms with Crippen LogP contribution in [0.15, 0.2) is 41.1 Å². The Morgan fingerprint density at radius 2 is 2.19 bits per heavy atom. The van der Waals surface area contributed by atoms with Crippen LogP contribution in [0.2, 0.25) is 0 Å². The van der Waals surface area contributed by atoms with Crippen molar-refractivity contribution < 1.29 is 8.91 Å². The lowest BCUT2D eigenvalue weighted by Crippen LogP contribution is -2.19. The number of rotatable bonds is 2. The molecule has 2 rings (SSSR count). The third-order valence-corrected chi connectivity index (χ3v) is 1.97. The van der Waals surface area contributed by atoms with E-state index in [1.165, 1.54) is 18.4 Å². The summed E-state index contributed by atoms with van der Waals surface area (Å²) in [7, 11) is 0. The fourth-order valence-corrected chi connectivity index (χ4v) is 1.34. The number of halogens is 1. The molecule has 6 heteroatoms. The van der Waals surface area contributed by atoms with Gasteiger partial charge in [-0.2, -0.15) is 0 Å². The van der Waals surface area contributed by atoms with Gasteiger partial charge in [0.15, 0.2) is 10.9 Å². The minimum atomic E-state index is -0.325. The average molecular weight is 237 g/mol. The van der Waals surface area contributed by atoms with Gasteiger partial charge >= 0.3 is 0 Å². The Morgan fingerprint density at radius 1 is 1.31 bits per heavy atom. The predicted molar refractivity (Wildman–Crippen MR) is 62.7 cm³/mol. The Labute approximate surface area is 96.4 Å². The van der Waals surface area contributed by atoms with Crippen molar-refractivity contribution >= 4 is 28.8 Å². The van der Waals surface area contributed by atoms with Gasteiger partial charge in [0, 0.05) is 11.8 Å². The number of hydrogen-bond acceptors (Lipinski definition) is 3. The van der Waals surface area contributed by atoms with E-state index in [-0.39, 0.29) is 5.82 Å². The summed E-state index contributed by atoms with van der Waals surface area (Å²) in [6.45, 7) is 0. The summed E-state index contributed by atoms with van der Waals surface area (Å²) in [6.07, 6.45) is 1.42. The smallest absolute Gasteiger partial charge is 0.176 e. The van der Waals surface area contributed by atoms with Crippen molar-refractivity contribution in [1.29, 1.82) is 0 Å². The van der Waals surface area contributed by atoms with E-state index < -0.39 is 0 Å². The van der Waals surface area contributed by atoms with Crippen molar-refractivity contribution in [2.24, 2.45) is 0 Å². The number of benzene rings is 1. The fourth-order valence-electron chi connectivity index (χ4n) is 1.12. The van der Waals surface area contributed by atoms with Crippen LogP contribution in [0.3, 0.4) is 0 Å². The highest BCUT2D eigenvalue weighted by Crippen LogP contribution is 2.10. The van der Waals surface area contributed by atoms with E-state index in [1.807, 2.05) is 0 Å². The largest absolute Gasteiger partial charge is 0.363 e. The minimum Gasteiger partial charge on any atom is -0.363 e. The van der Waals surface area contributed by atoms with Gasteiger partial charge in [-0.25, -0.2) is 4.39 Å². The molecule has 0 amide bonds. The Hall–Kier alpha value is -1.95. The van der Waals surface area contributed by atoms with Gasteiger partial charge in [0.25, 0.3) is 0 Å². The van der Waals surface area contributed by atoms with Crippen molar-refractivity contribution in [3.8, 4) is 0 Å². The van der Waals surface area contributed by atoms with E-state index >= 15 is 0 Å². The molecule has 2 aromatic rings. The first-order chi connectivity index (χ1) is 7.74. The van der Waals surface area contributed by atoms with Gasteiger partial charge in [-0.15, -0.1) is 0 Å². The molecule has 1 aromatic heterocycles. The van der Waals surface area contributed by atoms with Crippen LogP contribution < -0.4 is 10.6 Å². The fraction of sp³-hybridized carbons (Fsp3) is 0. The number of thiocarbonyl (C=S) groups is 1. The quantitative estimate of drug-likeness (QED) is 0.786. The maximum Gasteiger partial charge on any atom is 0.176 e. The van der Waals surface area contributed by atoms with Crippen molar-refractivity contribution in [2.75, 3.05) is 10.6 Å². The summed E-state index contributed by atoms with van der Waals surface area (Å²) in [6, 6.07) is 7.63. The van der Waals surface area contributed by atoms with Crippen LogP contribution in [-0.2, 0) is 0 Å². The Kier molecular flexibility index (Phi) is 3.11. The van der Waals surface area contributed by atoms with Gasteiger partial charge in [-0.1, -0.05) is 11.2 Å². The highest BCUT2D eigenvalue weighted by molar-refractivity contribution is 7.80. The molecule has 0 radical (unpaired) electrons. The monoisotopic (exact) mass is 237 g/mol. The van der Waals surface area contributed by atoms with Crippen molar-refractivity contribution in [3.05, 3.63) is 42.4 Å². The van der Waals surface area contributed by atoms with Crippen LogP contribution in [0, 0.1) is 5.82 Å². The van der Waals surface area contributed by atoms with Crippen LogP contribution in [0.4, 0.5) is 15.9 Å². The van der Waals surface area contributed by atoms with Gasteiger partial charge in [0.05, 0.1) is 0 Å². The molecule has 0 unspecified atom stereocenters. The Balaban J connectivity index is 1.97. The van der Waals surface area contributed by atoms with Crippen molar-refractivity contribution in [1.82, 2.24) is 5.16 Å². The van der Waals surface area contributed by atoms with Gasteiger partial charge in [-0.3, -0.25) is 0 Å². The summed E-state index contributed by atoms with van der Waals surface area (Å²) in [5.41, 5.74) is 0.570. The van der Waals surface area contributed by atoms with E-state index in [2.05, 4.69) is 20.3 Å². The number of aromatic nitrogens is 1. The molecule has 2 N–H and O–H groups in total. The molecule has 0 saturated carbocycles. The van der Waals surface area contributed by atoms with Crippen molar-refractivity contribution in [3.63, 3.8) is 0 Å². The molecule has 0 spiro atoms. The molecule has 0 fully saturated rings. The number of anilines is 2. The van der Waals surface area contributed by atoms with Gasteiger partial charge in [-0.05, 0) is 30.4 Å². The van der Waals surface area contributed by atoms with E-state index in [0.717, 1.165) is 0 Å². The standard InChI is InChI=1S/C10H8FN3OS/c11-7-2-1-3-8(6-7)12-10(16)13-9-4-5-15-14-9/h1-6H,(H2,12,13,14,16). The van der Waals surface area contributed by atoms with Gasteiger partial charge in [0.2, 0.25) is 0 Å². The first-order valence-corrected chi connectivity index (χ1v) is 4.89. The molecule has 4 nitrogen and oxygen atoms in total. The average Bonchev–Trinajstić information content (AvgIpc) is 2.70. The topological polar surface area (TPSA) is 50.1 Å². The summed E-state index contributed by atoms with van der Waals surface area (Å²) in [5.74, 6) is 0.170. The summed E-state index contributed by atoms with van der Waals surface area (Å²) in [5, 5.41) is 9.55. The second-order valence-corrected chi connectivity index (χ2v) is 3.38. The first-order valence-electron chi connectivity index (χ1n) is 4.48. The van der Waals surface area contributed by atoms with Crippen LogP contribution in [0.25, 0.3) is 0 Å². The van der Waals surface area contributed by atoms with Crippen LogP contribution >= 0.6 is 12.2 Å². The van der Waals surface area contributed by atoms with Gasteiger partial charge in [0.1, 0.15) is 12.1 Å². The predicted octanol–water partition coefficient (Wildman–Crippen LogP) is 2.62. The maximum atomic E-state index is 12.9. The highest BCUT2D eigenvalue weighted by Gasteiger charge is 2.01. The summed E-state index contributed by atoms with van der Waals surface area (Å²) >= 11 is 5.00. The summed E-state index contributed by atoms with van der Waals surface area (Å²) < 4.78 is 17.5. The molecule has 82 valence electrons. The minimum absolute atomic E-state index is 0.319. The molecule has 0 aliphatic heterocycles. The normalized spacial score (nSPS) is 9.81. The molecule has 16 heavy (non-hydrogen) atoms. The van der Waals surface area contributed by atoms with E-state index in [1.54, 1.807) is 18.2 Å². The molecule has 0 aliphatic rings. The lowest BCUT2D eigenvalue weighted by molar-refractivity contribution is 0.423. The third-order valence-electron chi connectivity index (χ3n) is 1.76. The molecule has 0 bridgehead atoms. The number of nitrogens with one attached hydrogen (secondary N) is 2. The number of hydrogen-bond donors (Lipinski definition) is 2. The van der Waals surface area contributed by atoms with E-state index in [9.17, 15) is 4.39 Å². The molecule has 0 aliphatic carbocycles. The second kappa shape index (κ2) is 4.71. The SMILES string of the molecule is Fc1cccc(NC(=S)Nc2ccon2)c1. The second-order valence-electron chi connectivity index (χ2n) is 2.97. The zero-order chi connectivity index (χ0) is 11.4. The van der Waals surface area contributed by atoms with Crippen LogP contribution in [0.1, 0.15) is 0 Å². The molecule has 0 atom stereocenters. The zero-order valence-electron chi connectivity index (χ0n) is 8.11. The van der Waals surface area contributed by atoms with E-state index in [0.29, 0.717) is 16.6 Å². The van der Waals surface area contributed by atoms with E-state index in [4.69, 9.17) is 12.2 Å².